The number of carbonyl (C=O) groups excluding carboxylic acids is 2. The van der Waals surface area contributed by atoms with Gasteiger partial charge in [0.1, 0.15) is 0 Å². The molecule has 0 aliphatic rings. The second kappa shape index (κ2) is 5.96. The highest BCUT2D eigenvalue weighted by molar-refractivity contribution is 6.12. The zero-order valence-corrected chi connectivity index (χ0v) is 10.6. The predicted molar refractivity (Wildman–Crippen MR) is 76.5 cm³/mol. The zero-order valence-electron chi connectivity index (χ0n) is 10.6. The molecule has 0 atom stereocenters. The summed E-state index contributed by atoms with van der Waals surface area (Å²) in [4.78, 5) is 23.3. The highest BCUT2D eigenvalue weighted by Crippen LogP contribution is 2.21. The highest BCUT2D eigenvalue weighted by atomic mass is 16.1. The van der Waals surface area contributed by atoms with E-state index in [1.165, 1.54) is 0 Å². The van der Waals surface area contributed by atoms with Gasteiger partial charge in [-0.05, 0) is 17.2 Å². The Labute approximate surface area is 111 Å². The van der Waals surface area contributed by atoms with Gasteiger partial charge in [-0.25, -0.2) is 0 Å². The number of aldehydes is 1. The first-order chi connectivity index (χ1) is 9.27. The smallest absolute Gasteiger partial charge is 0.252 e. The molecule has 0 aliphatic heterocycles. The Balaban J connectivity index is 2.46. The highest BCUT2D eigenvalue weighted by Gasteiger charge is 2.14. The minimum atomic E-state index is -0.222. The predicted octanol–water partition coefficient (Wildman–Crippen LogP) is 2.96. The minimum Gasteiger partial charge on any atom is -0.352 e. The molecule has 1 N–H and O–H groups in total. The number of benzene rings is 2. The molecule has 2 rings (SSSR count). The van der Waals surface area contributed by atoms with Gasteiger partial charge in [-0.2, -0.15) is 0 Å². The van der Waals surface area contributed by atoms with Crippen molar-refractivity contribution in [1.82, 2.24) is 5.32 Å². The van der Waals surface area contributed by atoms with E-state index in [0.717, 1.165) is 17.1 Å². The fourth-order valence-corrected chi connectivity index (χ4v) is 2.02. The van der Waals surface area contributed by atoms with E-state index in [2.05, 4.69) is 11.9 Å². The van der Waals surface area contributed by atoms with Crippen LogP contribution in [0.1, 0.15) is 27.1 Å². The molecule has 19 heavy (non-hydrogen) atoms. The third kappa shape index (κ3) is 2.71. The summed E-state index contributed by atoms with van der Waals surface area (Å²) >= 11 is 0. The minimum absolute atomic E-state index is 0.222. The lowest BCUT2D eigenvalue weighted by Crippen LogP contribution is -2.25. The lowest BCUT2D eigenvalue weighted by molar-refractivity contribution is 0.0950. The third-order valence-corrected chi connectivity index (χ3v) is 2.95. The second-order valence-electron chi connectivity index (χ2n) is 4.20. The molecule has 3 nitrogen and oxygen atoms in total. The van der Waals surface area contributed by atoms with Gasteiger partial charge in [0.15, 0.2) is 6.29 Å². The van der Waals surface area contributed by atoms with E-state index in [-0.39, 0.29) is 5.91 Å². The maximum absolute atomic E-state index is 12.2. The summed E-state index contributed by atoms with van der Waals surface area (Å²) in [5.41, 5.74) is 0.854. The van der Waals surface area contributed by atoms with Crippen molar-refractivity contribution in [2.45, 2.75) is 6.42 Å². The normalized spacial score (nSPS) is 10.1. The standard InChI is InChI=1S/C16H15NO2/c1-2-3-10-17-16(19)15-13(11-18)9-8-12-6-4-5-7-14(12)15/h2,4-9,11H,1,3,10H2,(H,17,19). The Morgan fingerprint density at radius 1 is 1.21 bits per heavy atom. The van der Waals surface area contributed by atoms with Crippen LogP contribution in [-0.4, -0.2) is 18.7 Å². The summed E-state index contributed by atoms with van der Waals surface area (Å²) in [6.45, 7) is 4.12. The molecule has 0 spiro atoms. The van der Waals surface area contributed by atoms with Crippen LogP contribution in [0.5, 0.6) is 0 Å². The SMILES string of the molecule is C=CCCNC(=O)c1c(C=O)ccc2ccccc12. The Bertz CT molecular complexity index is 632. The molecule has 0 aromatic heterocycles. The molecular formula is C16H15NO2. The third-order valence-electron chi connectivity index (χ3n) is 2.95. The average molecular weight is 253 g/mol. The Kier molecular flexibility index (Phi) is 4.08. The van der Waals surface area contributed by atoms with Crippen LogP contribution in [-0.2, 0) is 0 Å². The van der Waals surface area contributed by atoms with E-state index >= 15 is 0 Å². The summed E-state index contributed by atoms with van der Waals surface area (Å²) < 4.78 is 0. The molecule has 0 unspecified atom stereocenters. The van der Waals surface area contributed by atoms with E-state index in [1.54, 1.807) is 12.1 Å². The largest absolute Gasteiger partial charge is 0.352 e. The van der Waals surface area contributed by atoms with Gasteiger partial charge in [-0.3, -0.25) is 9.59 Å². The summed E-state index contributed by atoms with van der Waals surface area (Å²) in [5, 5.41) is 4.54. The molecule has 3 heteroatoms. The number of amides is 1. The van der Waals surface area contributed by atoms with Crippen molar-refractivity contribution in [2.24, 2.45) is 0 Å². The molecule has 0 saturated heterocycles. The van der Waals surface area contributed by atoms with Crippen molar-refractivity contribution in [3.8, 4) is 0 Å². The molecule has 1 amide bonds. The van der Waals surface area contributed by atoms with Crippen LogP contribution in [0.25, 0.3) is 10.8 Å². The quantitative estimate of drug-likeness (QED) is 0.506. The molecule has 0 fully saturated rings. The molecule has 0 aliphatic carbocycles. The van der Waals surface area contributed by atoms with Crippen molar-refractivity contribution in [2.75, 3.05) is 6.54 Å². The van der Waals surface area contributed by atoms with E-state index in [0.29, 0.717) is 24.1 Å². The lowest BCUT2D eigenvalue weighted by Gasteiger charge is -2.09. The van der Waals surface area contributed by atoms with Crippen LogP contribution in [0.4, 0.5) is 0 Å². The fraction of sp³-hybridized carbons (Fsp3) is 0.125. The summed E-state index contributed by atoms with van der Waals surface area (Å²) in [6, 6.07) is 11.1. The average Bonchev–Trinajstić information content (AvgIpc) is 2.46. The zero-order chi connectivity index (χ0) is 13.7. The molecule has 0 radical (unpaired) electrons. The van der Waals surface area contributed by atoms with Gasteiger partial charge in [0.2, 0.25) is 0 Å². The number of hydrogen-bond acceptors (Lipinski definition) is 2. The van der Waals surface area contributed by atoms with Crippen molar-refractivity contribution >= 4 is 23.0 Å². The van der Waals surface area contributed by atoms with Crippen LogP contribution in [0.3, 0.4) is 0 Å². The summed E-state index contributed by atoms with van der Waals surface area (Å²) in [5.74, 6) is -0.222. The summed E-state index contributed by atoms with van der Waals surface area (Å²) in [7, 11) is 0. The number of carbonyl (C=O) groups is 2. The number of hydrogen-bond donors (Lipinski definition) is 1. The molecule has 0 heterocycles. The van der Waals surface area contributed by atoms with E-state index in [9.17, 15) is 9.59 Å². The van der Waals surface area contributed by atoms with Crippen molar-refractivity contribution in [3.63, 3.8) is 0 Å². The number of nitrogens with one attached hydrogen (secondary N) is 1. The number of fused-ring (bicyclic) bond motifs is 1. The molecular weight excluding hydrogens is 238 g/mol. The first-order valence-corrected chi connectivity index (χ1v) is 6.14. The van der Waals surface area contributed by atoms with Crippen LogP contribution < -0.4 is 5.32 Å². The van der Waals surface area contributed by atoms with Gasteiger partial charge < -0.3 is 5.32 Å². The molecule has 96 valence electrons. The van der Waals surface area contributed by atoms with E-state index in [1.807, 2.05) is 30.3 Å². The van der Waals surface area contributed by atoms with Gasteiger partial charge in [-0.15, -0.1) is 6.58 Å². The number of rotatable bonds is 5. The molecule has 0 bridgehead atoms. The van der Waals surface area contributed by atoms with Crippen LogP contribution in [0, 0.1) is 0 Å². The van der Waals surface area contributed by atoms with Crippen molar-refractivity contribution in [1.29, 1.82) is 0 Å². The van der Waals surface area contributed by atoms with Gasteiger partial charge >= 0.3 is 0 Å². The van der Waals surface area contributed by atoms with Crippen LogP contribution in [0.2, 0.25) is 0 Å². The van der Waals surface area contributed by atoms with Gasteiger partial charge in [0.05, 0.1) is 5.56 Å². The first kappa shape index (κ1) is 13.0. The first-order valence-electron chi connectivity index (χ1n) is 6.14. The fourth-order valence-electron chi connectivity index (χ4n) is 2.02. The Hall–Kier alpha value is -2.42. The maximum Gasteiger partial charge on any atom is 0.252 e. The molecule has 2 aromatic rings. The molecule has 2 aromatic carbocycles. The molecule has 0 saturated carbocycles. The van der Waals surface area contributed by atoms with Crippen molar-refractivity contribution < 1.29 is 9.59 Å². The van der Waals surface area contributed by atoms with Crippen molar-refractivity contribution in [3.05, 3.63) is 60.2 Å². The lowest BCUT2D eigenvalue weighted by atomic mass is 9.99. The van der Waals surface area contributed by atoms with Crippen LogP contribution in [0.15, 0.2) is 49.1 Å². The van der Waals surface area contributed by atoms with Gasteiger partial charge in [0.25, 0.3) is 5.91 Å². The maximum atomic E-state index is 12.2. The van der Waals surface area contributed by atoms with E-state index in [4.69, 9.17) is 0 Å². The van der Waals surface area contributed by atoms with Gasteiger partial charge in [-0.1, -0.05) is 42.5 Å². The topological polar surface area (TPSA) is 46.2 Å². The summed E-state index contributed by atoms with van der Waals surface area (Å²) in [6.07, 6.45) is 3.16. The van der Waals surface area contributed by atoms with E-state index < -0.39 is 0 Å². The van der Waals surface area contributed by atoms with Crippen LogP contribution >= 0.6 is 0 Å². The van der Waals surface area contributed by atoms with Gasteiger partial charge in [0, 0.05) is 12.1 Å². The monoisotopic (exact) mass is 253 g/mol. The Morgan fingerprint density at radius 3 is 2.74 bits per heavy atom. The Morgan fingerprint density at radius 2 is 2.00 bits per heavy atom. The second-order valence-corrected chi connectivity index (χ2v) is 4.20.